The van der Waals surface area contributed by atoms with Crippen molar-refractivity contribution in [1.29, 1.82) is 0 Å². The summed E-state index contributed by atoms with van der Waals surface area (Å²) in [6.45, 7) is 6.46. The van der Waals surface area contributed by atoms with Gasteiger partial charge in [0, 0.05) is 11.1 Å². The lowest BCUT2D eigenvalue weighted by molar-refractivity contribution is -0.130. The van der Waals surface area contributed by atoms with Crippen LogP contribution in [0.4, 0.5) is 0 Å². The zero-order valence-corrected chi connectivity index (χ0v) is 11.1. The molecule has 0 atom stereocenters. The van der Waals surface area contributed by atoms with E-state index in [2.05, 4.69) is 6.58 Å². The summed E-state index contributed by atoms with van der Waals surface area (Å²) in [7, 11) is 0. The Labute approximate surface area is 115 Å². The predicted molar refractivity (Wildman–Crippen MR) is 70.2 cm³/mol. The van der Waals surface area contributed by atoms with Gasteiger partial charge in [0.15, 0.2) is 0 Å². The minimum absolute atomic E-state index is 0.0871. The molecule has 106 valence electrons. The number of esters is 1. The first kappa shape index (κ1) is 15.4. The molecule has 0 bridgehead atoms. The van der Waals surface area contributed by atoms with Crippen molar-refractivity contribution in [2.75, 3.05) is 0 Å². The molecule has 6 heteroatoms. The van der Waals surface area contributed by atoms with Crippen LogP contribution in [-0.2, 0) is 11.2 Å². The summed E-state index contributed by atoms with van der Waals surface area (Å²) >= 11 is 0. The molecule has 0 saturated heterocycles. The summed E-state index contributed by atoms with van der Waals surface area (Å²) in [5.41, 5.74) is -0.111. The van der Waals surface area contributed by atoms with Crippen LogP contribution in [0.2, 0.25) is 0 Å². The van der Waals surface area contributed by atoms with Gasteiger partial charge >= 0.3 is 17.9 Å². The molecule has 0 radical (unpaired) electrons. The number of carbonyl (C=O) groups excluding carboxylic acids is 1. The Balaban J connectivity index is 3.52. The zero-order chi connectivity index (χ0) is 15.4. The number of hydrogen-bond acceptors (Lipinski definition) is 4. The quantitative estimate of drug-likeness (QED) is 0.486. The van der Waals surface area contributed by atoms with E-state index in [1.54, 1.807) is 6.92 Å². The summed E-state index contributed by atoms with van der Waals surface area (Å²) in [6, 6.07) is 2.29. The maximum absolute atomic E-state index is 11.6. The first-order chi connectivity index (χ1) is 9.29. The average Bonchev–Trinajstić information content (AvgIpc) is 2.37. The first-order valence-electron chi connectivity index (χ1n) is 5.79. The molecule has 2 N–H and O–H groups in total. The van der Waals surface area contributed by atoms with Crippen LogP contribution in [0.3, 0.4) is 0 Å². The van der Waals surface area contributed by atoms with E-state index in [0.29, 0.717) is 0 Å². The standard InChI is InChI=1S/C14H14O6/c1-4-8-9(12(15)16)5-6-10(13(17)18)11(8)20-14(19)7(2)3/h5-6H,2,4H2,1,3H3,(H,15,16)(H,17,18). The third-order valence-corrected chi connectivity index (χ3v) is 2.62. The van der Waals surface area contributed by atoms with Crippen LogP contribution in [0, 0.1) is 0 Å². The van der Waals surface area contributed by atoms with Crippen molar-refractivity contribution < 1.29 is 29.3 Å². The molecule has 6 nitrogen and oxygen atoms in total. The number of rotatable bonds is 5. The van der Waals surface area contributed by atoms with Gasteiger partial charge in [-0.1, -0.05) is 13.5 Å². The van der Waals surface area contributed by atoms with Crippen LogP contribution in [0.1, 0.15) is 40.1 Å². The number of aromatic carboxylic acids is 2. The normalized spacial score (nSPS) is 9.90. The second-order valence-electron chi connectivity index (χ2n) is 4.10. The Morgan fingerprint density at radius 3 is 2.05 bits per heavy atom. The van der Waals surface area contributed by atoms with Gasteiger partial charge in [0.05, 0.1) is 5.56 Å². The van der Waals surface area contributed by atoms with E-state index < -0.39 is 17.9 Å². The summed E-state index contributed by atoms with van der Waals surface area (Å²) in [4.78, 5) is 33.9. The van der Waals surface area contributed by atoms with Gasteiger partial charge in [-0.15, -0.1) is 0 Å². The second kappa shape index (κ2) is 6.01. The van der Waals surface area contributed by atoms with E-state index in [-0.39, 0.29) is 34.4 Å². The van der Waals surface area contributed by atoms with Crippen molar-refractivity contribution in [1.82, 2.24) is 0 Å². The number of carbonyl (C=O) groups is 3. The van der Waals surface area contributed by atoms with Crippen LogP contribution < -0.4 is 4.74 Å². The van der Waals surface area contributed by atoms with E-state index in [0.717, 1.165) is 6.07 Å². The molecule has 0 aliphatic carbocycles. The maximum Gasteiger partial charge on any atom is 0.339 e. The lowest BCUT2D eigenvalue weighted by Crippen LogP contribution is -2.15. The third-order valence-electron chi connectivity index (χ3n) is 2.62. The largest absolute Gasteiger partial charge is 0.478 e. The molecule has 0 amide bonds. The fraction of sp³-hybridized carbons (Fsp3) is 0.214. The summed E-state index contributed by atoms with van der Waals surface area (Å²) < 4.78 is 5.00. The smallest absolute Gasteiger partial charge is 0.339 e. The average molecular weight is 278 g/mol. The second-order valence-corrected chi connectivity index (χ2v) is 4.10. The minimum atomic E-state index is -1.30. The van der Waals surface area contributed by atoms with Crippen molar-refractivity contribution in [3.63, 3.8) is 0 Å². The molecule has 0 aliphatic rings. The Morgan fingerprint density at radius 1 is 1.15 bits per heavy atom. The molecule has 0 aromatic heterocycles. The van der Waals surface area contributed by atoms with Crippen LogP contribution in [0.15, 0.2) is 24.3 Å². The molecule has 0 heterocycles. The lowest BCUT2D eigenvalue weighted by atomic mass is 10.00. The number of carboxylic acid groups (broad SMARTS) is 2. The first-order valence-corrected chi connectivity index (χ1v) is 5.79. The van der Waals surface area contributed by atoms with Gasteiger partial charge in [-0.2, -0.15) is 0 Å². The molecule has 1 rings (SSSR count). The van der Waals surface area contributed by atoms with Gasteiger partial charge in [0.25, 0.3) is 0 Å². The van der Waals surface area contributed by atoms with Crippen LogP contribution in [-0.4, -0.2) is 28.1 Å². The van der Waals surface area contributed by atoms with Gasteiger partial charge in [-0.3, -0.25) is 0 Å². The van der Waals surface area contributed by atoms with Crippen LogP contribution >= 0.6 is 0 Å². The molecule has 0 spiro atoms. The summed E-state index contributed by atoms with van der Waals surface area (Å²) in [6.07, 6.45) is 0.210. The Bertz CT molecular complexity index is 600. The summed E-state index contributed by atoms with van der Waals surface area (Å²) in [5, 5.41) is 18.2. The number of ether oxygens (including phenoxy) is 1. The minimum Gasteiger partial charge on any atom is -0.478 e. The SMILES string of the molecule is C=C(C)C(=O)Oc1c(C(=O)O)ccc(C(=O)O)c1CC. The van der Waals surface area contributed by atoms with Crippen LogP contribution in [0.5, 0.6) is 5.75 Å². The number of benzene rings is 1. The highest BCUT2D eigenvalue weighted by molar-refractivity contribution is 5.98. The molecular weight excluding hydrogens is 264 g/mol. The third kappa shape index (κ3) is 3.03. The van der Waals surface area contributed by atoms with Crippen molar-refractivity contribution in [3.8, 4) is 5.75 Å². The highest BCUT2D eigenvalue weighted by Crippen LogP contribution is 2.29. The monoisotopic (exact) mass is 278 g/mol. The fourth-order valence-corrected chi connectivity index (χ4v) is 1.64. The highest BCUT2D eigenvalue weighted by Gasteiger charge is 2.23. The van der Waals surface area contributed by atoms with Gasteiger partial charge in [0.1, 0.15) is 11.3 Å². The van der Waals surface area contributed by atoms with E-state index in [1.165, 1.54) is 13.0 Å². The van der Waals surface area contributed by atoms with Gasteiger partial charge in [-0.05, 0) is 25.5 Å². The Kier molecular flexibility index (Phi) is 4.63. The predicted octanol–water partition coefficient (Wildman–Crippen LogP) is 2.13. The van der Waals surface area contributed by atoms with E-state index in [1.807, 2.05) is 0 Å². The molecule has 0 saturated carbocycles. The Hall–Kier alpha value is -2.63. The molecule has 20 heavy (non-hydrogen) atoms. The van der Waals surface area contributed by atoms with Crippen LogP contribution in [0.25, 0.3) is 0 Å². The molecule has 0 fully saturated rings. The topological polar surface area (TPSA) is 101 Å². The van der Waals surface area contributed by atoms with Crippen molar-refractivity contribution in [2.45, 2.75) is 20.3 Å². The van der Waals surface area contributed by atoms with E-state index in [4.69, 9.17) is 14.9 Å². The van der Waals surface area contributed by atoms with Crippen molar-refractivity contribution >= 4 is 17.9 Å². The number of hydrogen-bond donors (Lipinski definition) is 2. The lowest BCUT2D eigenvalue weighted by Gasteiger charge is -2.14. The molecule has 1 aromatic carbocycles. The summed E-state index contributed by atoms with van der Waals surface area (Å²) in [5.74, 6) is -3.56. The number of carboxylic acids is 2. The van der Waals surface area contributed by atoms with Gasteiger partial charge in [-0.25, -0.2) is 14.4 Å². The molecule has 0 unspecified atom stereocenters. The maximum atomic E-state index is 11.6. The Morgan fingerprint density at radius 2 is 1.65 bits per heavy atom. The fourth-order valence-electron chi connectivity index (χ4n) is 1.64. The molecular formula is C14H14O6. The molecule has 0 aliphatic heterocycles. The van der Waals surface area contributed by atoms with Crippen molar-refractivity contribution in [2.24, 2.45) is 0 Å². The molecule has 1 aromatic rings. The highest BCUT2D eigenvalue weighted by atomic mass is 16.5. The van der Waals surface area contributed by atoms with Crippen molar-refractivity contribution in [3.05, 3.63) is 41.0 Å². The van der Waals surface area contributed by atoms with Gasteiger partial charge in [0.2, 0.25) is 0 Å². The van der Waals surface area contributed by atoms with Gasteiger partial charge < -0.3 is 14.9 Å². The van der Waals surface area contributed by atoms with E-state index >= 15 is 0 Å². The van der Waals surface area contributed by atoms with E-state index in [9.17, 15) is 14.4 Å². The zero-order valence-electron chi connectivity index (χ0n) is 11.1.